The van der Waals surface area contributed by atoms with Crippen molar-refractivity contribution in [3.8, 4) is 0 Å². The minimum atomic E-state index is 0.280. The zero-order valence-electron chi connectivity index (χ0n) is 10.8. The molecule has 1 aromatic carbocycles. The molecule has 2 aliphatic rings. The molecule has 0 saturated carbocycles. The van der Waals surface area contributed by atoms with Crippen LogP contribution in [0.25, 0.3) is 6.08 Å². The Morgan fingerprint density at radius 2 is 2.11 bits per heavy atom. The summed E-state index contributed by atoms with van der Waals surface area (Å²) in [5.41, 5.74) is 4.57. The third-order valence-electron chi connectivity index (χ3n) is 3.78. The van der Waals surface area contributed by atoms with Crippen molar-refractivity contribution in [3.63, 3.8) is 0 Å². The van der Waals surface area contributed by atoms with Gasteiger partial charge in [-0.3, -0.25) is 0 Å². The minimum absolute atomic E-state index is 0.280. The maximum atomic E-state index is 3.70. The second-order valence-electron chi connectivity index (χ2n) is 5.85. The lowest BCUT2D eigenvalue weighted by atomic mass is 9.77. The van der Waals surface area contributed by atoms with Crippen molar-refractivity contribution in [1.82, 2.24) is 0 Å². The van der Waals surface area contributed by atoms with Crippen LogP contribution in [0.3, 0.4) is 0 Å². The van der Waals surface area contributed by atoms with Gasteiger partial charge in [-0.05, 0) is 29.0 Å². The SMILES string of the molecule is CC1(C)C=CC=C(C2C=Cc3cccc(Br)c32)C1. The molecule has 0 radical (unpaired) electrons. The van der Waals surface area contributed by atoms with Crippen LogP contribution in [0.4, 0.5) is 0 Å². The maximum absolute atomic E-state index is 3.70. The Morgan fingerprint density at radius 1 is 1.28 bits per heavy atom. The predicted molar refractivity (Wildman–Crippen MR) is 81.5 cm³/mol. The van der Waals surface area contributed by atoms with Gasteiger partial charge in [0, 0.05) is 10.4 Å². The number of benzene rings is 1. The average molecular weight is 301 g/mol. The Balaban J connectivity index is 2.01. The van der Waals surface area contributed by atoms with E-state index >= 15 is 0 Å². The highest BCUT2D eigenvalue weighted by molar-refractivity contribution is 9.10. The number of rotatable bonds is 1. The van der Waals surface area contributed by atoms with Crippen LogP contribution in [-0.2, 0) is 0 Å². The van der Waals surface area contributed by atoms with Gasteiger partial charge >= 0.3 is 0 Å². The molecular weight excluding hydrogens is 284 g/mol. The van der Waals surface area contributed by atoms with E-state index in [2.05, 4.69) is 78.4 Å². The maximum Gasteiger partial charge on any atom is 0.0252 e. The number of halogens is 1. The summed E-state index contributed by atoms with van der Waals surface area (Å²) in [6, 6.07) is 6.44. The van der Waals surface area contributed by atoms with Crippen LogP contribution in [-0.4, -0.2) is 0 Å². The second kappa shape index (κ2) is 4.24. The van der Waals surface area contributed by atoms with Gasteiger partial charge in [0.1, 0.15) is 0 Å². The Hall–Kier alpha value is -1.08. The van der Waals surface area contributed by atoms with Crippen LogP contribution in [0.5, 0.6) is 0 Å². The van der Waals surface area contributed by atoms with Crippen molar-refractivity contribution in [1.29, 1.82) is 0 Å². The van der Waals surface area contributed by atoms with E-state index < -0.39 is 0 Å². The summed E-state index contributed by atoms with van der Waals surface area (Å²) < 4.78 is 1.23. The molecule has 0 amide bonds. The second-order valence-corrected chi connectivity index (χ2v) is 6.70. The first-order valence-corrected chi connectivity index (χ1v) is 7.21. The van der Waals surface area contributed by atoms with E-state index in [9.17, 15) is 0 Å². The van der Waals surface area contributed by atoms with E-state index in [1.165, 1.54) is 21.2 Å². The molecule has 2 aliphatic carbocycles. The lowest BCUT2D eigenvalue weighted by Crippen LogP contribution is -2.14. The largest absolute Gasteiger partial charge is 0.0785 e. The minimum Gasteiger partial charge on any atom is -0.0785 e. The van der Waals surface area contributed by atoms with Crippen molar-refractivity contribution in [3.05, 3.63) is 63.7 Å². The van der Waals surface area contributed by atoms with Crippen LogP contribution in [0.1, 0.15) is 37.3 Å². The lowest BCUT2D eigenvalue weighted by Gasteiger charge is -2.28. The molecule has 1 aromatic rings. The molecule has 0 saturated heterocycles. The van der Waals surface area contributed by atoms with E-state index in [0.29, 0.717) is 5.92 Å². The van der Waals surface area contributed by atoms with Gasteiger partial charge in [-0.1, -0.05) is 77.9 Å². The van der Waals surface area contributed by atoms with Crippen LogP contribution in [0, 0.1) is 5.41 Å². The first kappa shape index (κ1) is 12.0. The predicted octanol–water partition coefficient (Wildman–Crippen LogP) is 5.47. The number of hydrogen-bond donors (Lipinski definition) is 0. The molecule has 0 N–H and O–H groups in total. The summed E-state index contributed by atoms with van der Waals surface area (Å²) in [5, 5.41) is 0. The zero-order valence-corrected chi connectivity index (χ0v) is 12.4. The summed E-state index contributed by atoms with van der Waals surface area (Å²) in [5.74, 6) is 0.444. The Labute approximate surface area is 117 Å². The van der Waals surface area contributed by atoms with Crippen LogP contribution in [0.2, 0.25) is 0 Å². The van der Waals surface area contributed by atoms with E-state index in [1.807, 2.05) is 0 Å². The van der Waals surface area contributed by atoms with E-state index in [1.54, 1.807) is 0 Å². The van der Waals surface area contributed by atoms with Gasteiger partial charge in [-0.25, -0.2) is 0 Å². The van der Waals surface area contributed by atoms with Gasteiger partial charge in [0.2, 0.25) is 0 Å². The molecule has 1 heteroatoms. The monoisotopic (exact) mass is 300 g/mol. The van der Waals surface area contributed by atoms with Gasteiger partial charge in [-0.15, -0.1) is 0 Å². The van der Waals surface area contributed by atoms with Crippen molar-refractivity contribution < 1.29 is 0 Å². The van der Waals surface area contributed by atoms with Gasteiger partial charge in [-0.2, -0.15) is 0 Å². The Kier molecular flexibility index (Phi) is 2.82. The molecule has 0 aromatic heterocycles. The zero-order chi connectivity index (χ0) is 12.8. The molecule has 0 nitrogen and oxygen atoms in total. The van der Waals surface area contributed by atoms with Gasteiger partial charge < -0.3 is 0 Å². The van der Waals surface area contributed by atoms with E-state index in [0.717, 1.165) is 6.42 Å². The fraction of sp³-hybridized carbons (Fsp3) is 0.294. The molecule has 92 valence electrons. The molecule has 0 aliphatic heterocycles. The molecule has 0 spiro atoms. The van der Waals surface area contributed by atoms with Crippen LogP contribution >= 0.6 is 15.9 Å². The fourth-order valence-corrected chi connectivity index (χ4v) is 3.55. The van der Waals surface area contributed by atoms with Crippen LogP contribution < -0.4 is 0 Å². The highest BCUT2D eigenvalue weighted by Crippen LogP contribution is 2.44. The van der Waals surface area contributed by atoms with Crippen molar-refractivity contribution in [2.45, 2.75) is 26.2 Å². The summed E-state index contributed by atoms with van der Waals surface area (Å²) in [4.78, 5) is 0. The van der Waals surface area contributed by atoms with Crippen molar-refractivity contribution in [2.75, 3.05) is 0 Å². The normalized spacial score (nSPS) is 23.9. The molecular formula is C17H17Br. The Bertz CT molecular complexity index is 573. The topological polar surface area (TPSA) is 0 Å². The smallest absolute Gasteiger partial charge is 0.0252 e. The number of fused-ring (bicyclic) bond motifs is 1. The first-order chi connectivity index (χ1) is 8.57. The number of allylic oxidation sites excluding steroid dienone is 5. The molecule has 0 bridgehead atoms. The van der Waals surface area contributed by atoms with Gasteiger partial charge in [0.25, 0.3) is 0 Å². The van der Waals surface area contributed by atoms with E-state index in [4.69, 9.17) is 0 Å². The molecule has 0 heterocycles. The molecule has 1 atom stereocenters. The Morgan fingerprint density at radius 3 is 2.89 bits per heavy atom. The lowest BCUT2D eigenvalue weighted by molar-refractivity contribution is 0.461. The molecule has 3 rings (SSSR count). The highest BCUT2D eigenvalue weighted by atomic mass is 79.9. The number of hydrogen-bond acceptors (Lipinski definition) is 0. The van der Waals surface area contributed by atoms with Gasteiger partial charge in [0.05, 0.1) is 0 Å². The summed E-state index contributed by atoms with van der Waals surface area (Å²) in [6.45, 7) is 4.60. The quantitative estimate of drug-likeness (QED) is 0.645. The summed E-state index contributed by atoms with van der Waals surface area (Å²) in [7, 11) is 0. The third kappa shape index (κ3) is 2.01. The first-order valence-electron chi connectivity index (χ1n) is 6.42. The third-order valence-corrected chi connectivity index (χ3v) is 4.47. The van der Waals surface area contributed by atoms with Crippen molar-refractivity contribution in [2.24, 2.45) is 5.41 Å². The van der Waals surface area contributed by atoms with Crippen molar-refractivity contribution >= 4 is 22.0 Å². The fourth-order valence-electron chi connectivity index (χ4n) is 2.92. The standard InChI is InChI=1S/C17H17Br/c1-17(2)10-4-6-13(11-17)14-9-8-12-5-3-7-15(18)16(12)14/h3-10,14H,11H2,1-2H3. The molecule has 18 heavy (non-hydrogen) atoms. The van der Waals surface area contributed by atoms with Gasteiger partial charge in [0.15, 0.2) is 0 Å². The summed E-state index contributed by atoms with van der Waals surface area (Å²) in [6.07, 6.45) is 12.5. The summed E-state index contributed by atoms with van der Waals surface area (Å²) >= 11 is 3.70. The molecule has 0 fully saturated rings. The molecule has 1 unspecified atom stereocenters. The average Bonchev–Trinajstić information content (AvgIpc) is 2.73. The highest BCUT2D eigenvalue weighted by Gasteiger charge is 2.28. The van der Waals surface area contributed by atoms with E-state index in [-0.39, 0.29) is 5.41 Å². The van der Waals surface area contributed by atoms with Crippen LogP contribution in [0.15, 0.2) is 52.5 Å².